The van der Waals surface area contributed by atoms with Gasteiger partial charge in [-0.3, -0.25) is 9.69 Å². The van der Waals surface area contributed by atoms with Crippen molar-refractivity contribution in [1.29, 1.82) is 0 Å². The first-order chi connectivity index (χ1) is 14.6. The monoisotopic (exact) mass is 407 g/mol. The van der Waals surface area contributed by atoms with Crippen LogP contribution in [0.15, 0.2) is 24.4 Å². The molecule has 0 aliphatic carbocycles. The van der Waals surface area contributed by atoms with Crippen molar-refractivity contribution in [3.63, 3.8) is 0 Å². The molecule has 2 aromatic rings. The Kier molecular flexibility index (Phi) is 5.06. The van der Waals surface area contributed by atoms with Crippen molar-refractivity contribution < 1.29 is 9.53 Å². The number of nitrogens with zero attached hydrogens (tertiary/aromatic N) is 4. The molecule has 7 heteroatoms. The molecule has 4 heterocycles. The van der Waals surface area contributed by atoms with Crippen LogP contribution in [0.1, 0.15) is 53.5 Å². The van der Waals surface area contributed by atoms with Crippen molar-refractivity contribution in [3.05, 3.63) is 46.8 Å². The second-order valence-electron chi connectivity index (χ2n) is 8.48. The van der Waals surface area contributed by atoms with E-state index in [1.54, 1.807) is 6.20 Å². The molecule has 158 valence electrons. The first-order valence-electron chi connectivity index (χ1n) is 11.0. The molecule has 1 saturated heterocycles. The summed E-state index contributed by atoms with van der Waals surface area (Å²) in [6, 6.07) is 7.16. The van der Waals surface area contributed by atoms with E-state index in [1.165, 1.54) is 11.1 Å². The number of hydrogen-bond donors (Lipinski definition) is 1. The molecule has 0 bridgehead atoms. The van der Waals surface area contributed by atoms with Gasteiger partial charge >= 0.3 is 0 Å². The van der Waals surface area contributed by atoms with Gasteiger partial charge in [0.05, 0.1) is 11.3 Å². The van der Waals surface area contributed by atoms with Crippen molar-refractivity contribution in [2.45, 2.75) is 45.3 Å². The fourth-order valence-corrected chi connectivity index (χ4v) is 4.89. The molecule has 0 radical (unpaired) electrons. The quantitative estimate of drug-likeness (QED) is 0.839. The lowest BCUT2D eigenvalue weighted by atomic mass is 9.99. The minimum absolute atomic E-state index is 0.0638. The minimum atomic E-state index is -0.0638. The van der Waals surface area contributed by atoms with Gasteiger partial charge in [0.2, 0.25) is 5.95 Å². The minimum Gasteiger partial charge on any atom is -0.490 e. The van der Waals surface area contributed by atoms with E-state index in [-0.39, 0.29) is 12.0 Å². The van der Waals surface area contributed by atoms with Crippen LogP contribution >= 0.6 is 0 Å². The number of fused-ring (bicyclic) bond motifs is 2. The Hall–Kier alpha value is -2.67. The van der Waals surface area contributed by atoms with Crippen LogP contribution in [0.25, 0.3) is 0 Å². The van der Waals surface area contributed by atoms with Crippen LogP contribution in [0.2, 0.25) is 0 Å². The van der Waals surface area contributed by atoms with E-state index in [9.17, 15) is 4.79 Å². The smallest absolute Gasteiger partial charge is 0.254 e. The molecule has 1 aromatic carbocycles. The largest absolute Gasteiger partial charge is 0.490 e. The van der Waals surface area contributed by atoms with E-state index in [2.05, 4.69) is 52.1 Å². The maximum Gasteiger partial charge on any atom is 0.254 e. The van der Waals surface area contributed by atoms with Gasteiger partial charge in [0.25, 0.3) is 5.91 Å². The van der Waals surface area contributed by atoms with Crippen molar-refractivity contribution in [2.24, 2.45) is 0 Å². The standard InChI is InChI=1S/C23H29N5O2/c1-3-20(16-4-5-17-12-15(2)30-21(17)13-16)27-8-10-28(11-9-27)23-25-14-18-19(26-23)6-7-24-22(18)29/h4-5,13-15,20H,3,6-12H2,1-2H3,(H,24,29)/t15-,20?/m1/s1. The topological polar surface area (TPSA) is 70.6 Å². The third-order valence-electron chi connectivity index (χ3n) is 6.48. The number of anilines is 1. The van der Waals surface area contributed by atoms with Crippen LogP contribution in [0.5, 0.6) is 5.75 Å². The number of carbonyl (C=O) groups excluding carboxylic acids is 1. The Balaban J connectivity index is 1.27. The lowest BCUT2D eigenvalue weighted by Crippen LogP contribution is -2.48. The highest BCUT2D eigenvalue weighted by atomic mass is 16.5. The predicted molar refractivity (Wildman–Crippen MR) is 115 cm³/mol. The van der Waals surface area contributed by atoms with E-state index in [1.807, 2.05) is 0 Å². The Morgan fingerprint density at radius 3 is 2.90 bits per heavy atom. The Morgan fingerprint density at radius 2 is 2.10 bits per heavy atom. The van der Waals surface area contributed by atoms with Gasteiger partial charge in [0.15, 0.2) is 0 Å². The molecule has 1 N–H and O–H groups in total. The number of amides is 1. The molecule has 2 atom stereocenters. The van der Waals surface area contributed by atoms with E-state index in [0.717, 1.165) is 62.8 Å². The highest BCUT2D eigenvalue weighted by Gasteiger charge is 2.28. The third-order valence-corrected chi connectivity index (χ3v) is 6.48. The van der Waals surface area contributed by atoms with Crippen LogP contribution < -0.4 is 15.0 Å². The highest BCUT2D eigenvalue weighted by molar-refractivity contribution is 5.96. The van der Waals surface area contributed by atoms with Gasteiger partial charge in [-0.2, -0.15) is 0 Å². The van der Waals surface area contributed by atoms with E-state index in [4.69, 9.17) is 9.72 Å². The fourth-order valence-electron chi connectivity index (χ4n) is 4.89. The highest BCUT2D eigenvalue weighted by Crippen LogP contribution is 2.34. The number of piperazine rings is 1. The van der Waals surface area contributed by atoms with Crippen LogP contribution in [0, 0.1) is 0 Å². The molecule has 3 aliphatic rings. The zero-order valence-electron chi connectivity index (χ0n) is 17.7. The molecule has 1 unspecified atom stereocenters. The van der Waals surface area contributed by atoms with Crippen molar-refractivity contribution in [1.82, 2.24) is 20.2 Å². The molecule has 7 nitrogen and oxygen atoms in total. The number of benzene rings is 1. The molecule has 1 fully saturated rings. The Labute approximate surface area is 177 Å². The number of ether oxygens (including phenoxy) is 1. The van der Waals surface area contributed by atoms with Crippen LogP contribution in [0.3, 0.4) is 0 Å². The summed E-state index contributed by atoms with van der Waals surface area (Å²) in [5.41, 5.74) is 4.15. The summed E-state index contributed by atoms with van der Waals surface area (Å²) in [5, 5.41) is 2.85. The van der Waals surface area contributed by atoms with Crippen molar-refractivity contribution in [2.75, 3.05) is 37.6 Å². The van der Waals surface area contributed by atoms with Crippen LogP contribution in [-0.4, -0.2) is 59.6 Å². The number of hydrogen-bond acceptors (Lipinski definition) is 6. The average Bonchev–Trinajstić information content (AvgIpc) is 3.14. The summed E-state index contributed by atoms with van der Waals surface area (Å²) >= 11 is 0. The predicted octanol–water partition coefficient (Wildman–Crippen LogP) is 2.36. The summed E-state index contributed by atoms with van der Waals surface area (Å²) in [7, 11) is 0. The third kappa shape index (κ3) is 3.51. The molecule has 3 aliphatic heterocycles. The van der Waals surface area contributed by atoms with Gasteiger partial charge in [0.1, 0.15) is 11.9 Å². The number of aromatic nitrogens is 2. The van der Waals surface area contributed by atoms with Gasteiger partial charge < -0.3 is 15.0 Å². The summed E-state index contributed by atoms with van der Waals surface area (Å²) < 4.78 is 5.99. The summed E-state index contributed by atoms with van der Waals surface area (Å²) in [6.07, 6.45) is 4.81. The summed E-state index contributed by atoms with van der Waals surface area (Å²) in [6.45, 7) is 8.75. The van der Waals surface area contributed by atoms with E-state index >= 15 is 0 Å². The van der Waals surface area contributed by atoms with Gasteiger partial charge in [-0.05, 0) is 30.5 Å². The van der Waals surface area contributed by atoms with Gasteiger partial charge in [0, 0.05) is 57.8 Å². The van der Waals surface area contributed by atoms with Crippen LogP contribution in [-0.2, 0) is 12.8 Å². The Bertz CT molecular complexity index is 955. The maximum absolute atomic E-state index is 11.9. The van der Waals surface area contributed by atoms with E-state index in [0.29, 0.717) is 18.2 Å². The lowest BCUT2D eigenvalue weighted by molar-refractivity contribution is 0.0944. The number of rotatable bonds is 4. The lowest BCUT2D eigenvalue weighted by Gasteiger charge is -2.39. The summed E-state index contributed by atoms with van der Waals surface area (Å²) in [4.78, 5) is 25.9. The second-order valence-corrected chi connectivity index (χ2v) is 8.48. The Morgan fingerprint density at radius 1 is 1.27 bits per heavy atom. The molecule has 1 aromatic heterocycles. The fraction of sp³-hybridized carbons (Fsp3) is 0.522. The first-order valence-corrected chi connectivity index (χ1v) is 11.0. The maximum atomic E-state index is 11.9. The SMILES string of the molecule is CCC(c1ccc2c(c1)O[C@H](C)C2)N1CCN(c2ncc3c(n2)CCNC3=O)CC1. The van der Waals surface area contributed by atoms with Crippen molar-refractivity contribution >= 4 is 11.9 Å². The zero-order valence-corrected chi connectivity index (χ0v) is 17.7. The average molecular weight is 408 g/mol. The molecule has 5 rings (SSSR count). The van der Waals surface area contributed by atoms with Crippen molar-refractivity contribution in [3.8, 4) is 5.75 Å². The second kappa shape index (κ2) is 7.87. The van der Waals surface area contributed by atoms with Crippen LogP contribution in [0.4, 0.5) is 5.95 Å². The zero-order chi connectivity index (χ0) is 20.7. The molecular formula is C23H29N5O2. The molecular weight excluding hydrogens is 378 g/mol. The van der Waals surface area contributed by atoms with Gasteiger partial charge in [-0.1, -0.05) is 19.1 Å². The molecule has 30 heavy (non-hydrogen) atoms. The number of nitrogens with one attached hydrogen (secondary N) is 1. The normalized spacial score (nSPS) is 22.1. The molecule has 0 spiro atoms. The van der Waals surface area contributed by atoms with Gasteiger partial charge in [-0.25, -0.2) is 9.97 Å². The van der Waals surface area contributed by atoms with E-state index < -0.39 is 0 Å². The molecule has 1 amide bonds. The number of carbonyl (C=O) groups is 1. The summed E-state index contributed by atoms with van der Waals surface area (Å²) in [5.74, 6) is 1.74. The van der Waals surface area contributed by atoms with Gasteiger partial charge in [-0.15, -0.1) is 0 Å². The first kappa shape index (κ1) is 19.3. The molecule has 0 saturated carbocycles.